The number of aromatic amines is 1. The maximum atomic E-state index is 13.0. The number of benzene rings is 3. The number of rotatable bonds is 6. The van der Waals surface area contributed by atoms with Gasteiger partial charge in [-0.05, 0) is 73.5 Å². The zero-order valence-electron chi connectivity index (χ0n) is 16.8. The van der Waals surface area contributed by atoms with Crippen molar-refractivity contribution in [3.8, 4) is 5.75 Å². The van der Waals surface area contributed by atoms with Crippen molar-refractivity contribution < 1.29 is 13.9 Å². The number of carbonyl (C=O) groups is 1. The lowest BCUT2D eigenvalue weighted by Crippen LogP contribution is -2.30. The standard InChI is InChI=1S/C24H22FN3O2/c1-15-3-12-21-22(13-15)28-23(27-21)14-17-4-8-19(9-5-17)26-24(29)16(2)30-20-10-6-18(25)7-11-20/h3-13,16H,14H2,1-2H3,(H,26,29)(H,27,28). The predicted molar refractivity (Wildman–Crippen MR) is 115 cm³/mol. The van der Waals surface area contributed by atoms with Crippen LogP contribution in [0, 0.1) is 12.7 Å². The van der Waals surface area contributed by atoms with Gasteiger partial charge in [0.05, 0.1) is 11.0 Å². The lowest BCUT2D eigenvalue weighted by atomic mass is 10.1. The van der Waals surface area contributed by atoms with Gasteiger partial charge >= 0.3 is 0 Å². The first kappa shape index (κ1) is 19.6. The summed E-state index contributed by atoms with van der Waals surface area (Å²) in [6.45, 7) is 3.70. The molecule has 6 heteroatoms. The number of nitrogens with one attached hydrogen (secondary N) is 2. The average Bonchev–Trinajstić information content (AvgIpc) is 3.12. The normalized spacial score (nSPS) is 12.0. The van der Waals surface area contributed by atoms with Crippen molar-refractivity contribution in [2.75, 3.05) is 5.32 Å². The Morgan fingerprint density at radius 2 is 1.83 bits per heavy atom. The topological polar surface area (TPSA) is 67.0 Å². The fourth-order valence-electron chi connectivity index (χ4n) is 3.17. The smallest absolute Gasteiger partial charge is 0.265 e. The van der Waals surface area contributed by atoms with Gasteiger partial charge in [0.1, 0.15) is 17.4 Å². The number of nitrogens with zero attached hydrogens (tertiary/aromatic N) is 1. The van der Waals surface area contributed by atoms with Crippen LogP contribution in [0.25, 0.3) is 11.0 Å². The van der Waals surface area contributed by atoms with E-state index in [-0.39, 0.29) is 11.7 Å². The van der Waals surface area contributed by atoms with Crippen LogP contribution < -0.4 is 10.1 Å². The summed E-state index contributed by atoms with van der Waals surface area (Å²) in [6, 6.07) is 19.3. The molecule has 0 radical (unpaired) electrons. The van der Waals surface area contributed by atoms with E-state index in [4.69, 9.17) is 4.74 Å². The highest BCUT2D eigenvalue weighted by Gasteiger charge is 2.15. The zero-order chi connectivity index (χ0) is 21.1. The minimum Gasteiger partial charge on any atom is -0.481 e. The average molecular weight is 403 g/mol. The summed E-state index contributed by atoms with van der Waals surface area (Å²) in [7, 11) is 0. The van der Waals surface area contributed by atoms with Crippen molar-refractivity contribution in [3.05, 3.63) is 89.5 Å². The number of imidazole rings is 1. The van der Waals surface area contributed by atoms with E-state index < -0.39 is 6.10 Å². The molecule has 2 N–H and O–H groups in total. The molecular weight excluding hydrogens is 381 g/mol. The largest absolute Gasteiger partial charge is 0.481 e. The molecular formula is C24H22FN3O2. The monoisotopic (exact) mass is 403 g/mol. The molecule has 0 bridgehead atoms. The number of anilines is 1. The summed E-state index contributed by atoms with van der Waals surface area (Å²) in [5.41, 5.74) is 4.94. The number of aromatic nitrogens is 2. The van der Waals surface area contributed by atoms with Gasteiger partial charge in [0.2, 0.25) is 0 Å². The summed E-state index contributed by atoms with van der Waals surface area (Å²) in [4.78, 5) is 20.3. The molecule has 4 rings (SSSR count). The molecule has 0 saturated heterocycles. The number of H-pyrrole nitrogens is 1. The van der Waals surface area contributed by atoms with E-state index in [1.54, 1.807) is 6.92 Å². The van der Waals surface area contributed by atoms with Gasteiger partial charge in [-0.2, -0.15) is 0 Å². The van der Waals surface area contributed by atoms with Gasteiger partial charge in [-0.25, -0.2) is 9.37 Å². The third kappa shape index (κ3) is 4.66. The summed E-state index contributed by atoms with van der Waals surface area (Å²) >= 11 is 0. The van der Waals surface area contributed by atoms with Crippen molar-refractivity contribution in [1.29, 1.82) is 0 Å². The Balaban J connectivity index is 1.36. The number of halogens is 1. The van der Waals surface area contributed by atoms with Gasteiger partial charge < -0.3 is 15.0 Å². The molecule has 0 spiro atoms. The van der Waals surface area contributed by atoms with E-state index in [1.807, 2.05) is 36.4 Å². The molecule has 0 aliphatic carbocycles. The number of hydrogen-bond acceptors (Lipinski definition) is 3. The first-order valence-electron chi connectivity index (χ1n) is 9.73. The highest BCUT2D eigenvalue weighted by atomic mass is 19.1. The molecule has 1 aromatic heterocycles. The minimum atomic E-state index is -0.714. The van der Waals surface area contributed by atoms with Crippen LogP contribution in [0.1, 0.15) is 23.9 Å². The van der Waals surface area contributed by atoms with Gasteiger partial charge in [-0.3, -0.25) is 4.79 Å². The first-order chi connectivity index (χ1) is 14.5. The fraction of sp³-hybridized carbons (Fsp3) is 0.167. The highest BCUT2D eigenvalue weighted by Crippen LogP contribution is 2.18. The Kier molecular flexibility index (Phi) is 5.48. The van der Waals surface area contributed by atoms with Crippen LogP contribution in [0.4, 0.5) is 10.1 Å². The number of amides is 1. The van der Waals surface area contributed by atoms with Crippen molar-refractivity contribution in [2.45, 2.75) is 26.4 Å². The van der Waals surface area contributed by atoms with Crippen LogP contribution in [0.15, 0.2) is 66.7 Å². The molecule has 5 nitrogen and oxygen atoms in total. The van der Waals surface area contributed by atoms with Gasteiger partial charge in [-0.1, -0.05) is 18.2 Å². The molecule has 3 aromatic carbocycles. The number of aryl methyl sites for hydroxylation is 1. The Morgan fingerprint density at radius 1 is 1.10 bits per heavy atom. The predicted octanol–water partition coefficient (Wildman–Crippen LogP) is 5.01. The van der Waals surface area contributed by atoms with E-state index >= 15 is 0 Å². The highest BCUT2D eigenvalue weighted by molar-refractivity contribution is 5.94. The molecule has 152 valence electrons. The second kappa shape index (κ2) is 8.37. The van der Waals surface area contributed by atoms with Gasteiger partial charge in [-0.15, -0.1) is 0 Å². The maximum Gasteiger partial charge on any atom is 0.265 e. The van der Waals surface area contributed by atoms with Crippen LogP contribution in [0.5, 0.6) is 5.75 Å². The van der Waals surface area contributed by atoms with Gasteiger partial charge in [0.25, 0.3) is 5.91 Å². The molecule has 1 atom stereocenters. The van der Waals surface area contributed by atoms with E-state index in [0.717, 1.165) is 22.4 Å². The van der Waals surface area contributed by atoms with Crippen molar-refractivity contribution in [1.82, 2.24) is 9.97 Å². The second-order valence-electron chi connectivity index (χ2n) is 7.28. The van der Waals surface area contributed by atoms with Crippen LogP contribution >= 0.6 is 0 Å². The molecule has 30 heavy (non-hydrogen) atoms. The van der Waals surface area contributed by atoms with Crippen molar-refractivity contribution >= 4 is 22.6 Å². The summed E-state index contributed by atoms with van der Waals surface area (Å²) < 4.78 is 18.5. The molecule has 0 aliphatic heterocycles. The van der Waals surface area contributed by atoms with E-state index in [2.05, 4.69) is 28.3 Å². The molecule has 0 saturated carbocycles. The third-order valence-corrected chi connectivity index (χ3v) is 4.78. The van der Waals surface area contributed by atoms with Crippen molar-refractivity contribution in [3.63, 3.8) is 0 Å². The third-order valence-electron chi connectivity index (χ3n) is 4.78. The van der Waals surface area contributed by atoms with E-state index in [1.165, 1.54) is 29.8 Å². The van der Waals surface area contributed by atoms with Crippen LogP contribution in [0.3, 0.4) is 0 Å². The van der Waals surface area contributed by atoms with Gasteiger partial charge in [0, 0.05) is 12.1 Å². The molecule has 0 fully saturated rings. The van der Waals surface area contributed by atoms with Crippen molar-refractivity contribution in [2.24, 2.45) is 0 Å². The van der Waals surface area contributed by atoms with Gasteiger partial charge in [0.15, 0.2) is 6.10 Å². The number of ether oxygens (including phenoxy) is 1. The summed E-state index contributed by atoms with van der Waals surface area (Å²) in [5.74, 6) is 0.709. The SMILES string of the molecule is Cc1ccc2nc(Cc3ccc(NC(=O)C(C)Oc4ccc(F)cc4)cc3)[nH]c2c1. The molecule has 4 aromatic rings. The molecule has 1 amide bonds. The molecule has 1 unspecified atom stereocenters. The molecule has 0 aliphatic rings. The van der Waals surface area contributed by atoms with Crippen LogP contribution in [-0.2, 0) is 11.2 Å². The zero-order valence-corrected chi connectivity index (χ0v) is 16.8. The Labute approximate surface area is 173 Å². The van der Waals surface area contributed by atoms with E-state index in [0.29, 0.717) is 17.9 Å². The lowest BCUT2D eigenvalue weighted by molar-refractivity contribution is -0.122. The quantitative estimate of drug-likeness (QED) is 0.476. The minimum absolute atomic E-state index is 0.278. The lowest BCUT2D eigenvalue weighted by Gasteiger charge is -2.15. The summed E-state index contributed by atoms with van der Waals surface area (Å²) in [6.07, 6.45) is -0.0411. The molecule has 1 heterocycles. The number of fused-ring (bicyclic) bond motifs is 1. The number of carbonyl (C=O) groups excluding carboxylic acids is 1. The maximum absolute atomic E-state index is 13.0. The fourth-order valence-corrected chi connectivity index (χ4v) is 3.17. The Bertz CT molecular complexity index is 1170. The first-order valence-corrected chi connectivity index (χ1v) is 9.73. The van der Waals surface area contributed by atoms with Crippen LogP contribution in [0.2, 0.25) is 0 Å². The summed E-state index contributed by atoms with van der Waals surface area (Å²) in [5, 5.41) is 2.83. The number of hydrogen-bond donors (Lipinski definition) is 2. The second-order valence-corrected chi connectivity index (χ2v) is 7.28. The Hall–Kier alpha value is -3.67. The Morgan fingerprint density at radius 3 is 2.57 bits per heavy atom. The van der Waals surface area contributed by atoms with E-state index in [9.17, 15) is 9.18 Å². The van der Waals surface area contributed by atoms with Crippen LogP contribution in [-0.4, -0.2) is 22.0 Å².